The lowest BCUT2D eigenvalue weighted by Crippen LogP contribution is -2.10. The Morgan fingerprint density at radius 1 is 0.952 bits per heavy atom. The molecular weight excluding hydrogens is 280 g/mol. The van der Waals surface area contributed by atoms with Gasteiger partial charge in [-0.05, 0) is 50.7 Å². The average molecular weight is 308 g/mol. The summed E-state index contributed by atoms with van der Waals surface area (Å²) in [5.41, 5.74) is 0. The van der Waals surface area contributed by atoms with Crippen LogP contribution in [0.3, 0.4) is 0 Å². The van der Waals surface area contributed by atoms with E-state index in [1.54, 1.807) is 0 Å². The lowest BCUT2D eigenvalue weighted by molar-refractivity contribution is -0.137. The summed E-state index contributed by atoms with van der Waals surface area (Å²) >= 11 is 1.84. The van der Waals surface area contributed by atoms with Gasteiger partial charge in [0.15, 0.2) is 0 Å². The van der Waals surface area contributed by atoms with E-state index in [-0.39, 0.29) is 5.25 Å². The highest BCUT2D eigenvalue weighted by Gasteiger charge is 2.12. The second-order valence-electron chi connectivity index (χ2n) is 5.40. The quantitative estimate of drug-likeness (QED) is 0.697. The third-order valence-electron chi connectivity index (χ3n) is 3.47. The predicted octanol–water partition coefficient (Wildman–Crippen LogP) is 5.37. The number of hydrogen-bond donors (Lipinski definition) is 1. The maximum absolute atomic E-state index is 10.9. The van der Waals surface area contributed by atoms with Crippen molar-refractivity contribution in [1.82, 2.24) is 0 Å². The smallest absolute Gasteiger partial charge is 0.304 e. The Labute approximate surface area is 133 Å². The van der Waals surface area contributed by atoms with Crippen molar-refractivity contribution in [3.8, 4) is 0 Å². The van der Waals surface area contributed by atoms with E-state index >= 15 is 0 Å². The molecule has 1 atom stereocenters. The van der Waals surface area contributed by atoms with E-state index in [2.05, 4.69) is 36.5 Å². The summed E-state index contributed by atoms with van der Waals surface area (Å²) in [7, 11) is 0. The van der Waals surface area contributed by atoms with Crippen LogP contribution >= 0.6 is 11.8 Å². The van der Waals surface area contributed by atoms with Crippen LogP contribution in [0.15, 0.2) is 36.5 Å². The monoisotopic (exact) mass is 308 g/mol. The van der Waals surface area contributed by atoms with Crippen LogP contribution in [-0.2, 0) is 4.79 Å². The Morgan fingerprint density at radius 2 is 1.62 bits per heavy atom. The molecule has 21 heavy (non-hydrogen) atoms. The maximum Gasteiger partial charge on any atom is 0.304 e. The van der Waals surface area contributed by atoms with Crippen molar-refractivity contribution in [3.05, 3.63) is 36.5 Å². The first kappa shape index (κ1) is 18.1. The largest absolute Gasteiger partial charge is 0.481 e. The standard InChI is InChI=1S/C18H28O2S/c19-18(20)16-17-14-12-10-8-6-4-2-1-3-5-7-9-11-13-15-21-17/h2-5,8,10,17H,1,6-7,9,11-16H2,(H,19,20)/b4-2-,5-3+,10-8+. The molecular formula is C18H28O2S. The summed E-state index contributed by atoms with van der Waals surface area (Å²) in [5.74, 6) is 0.419. The molecule has 1 heterocycles. The van der Waals surface area contributed by atoms with Crippen molar-refractivity contribution in [2.45, 2.75) is 63.0 Å². The molecule has 0 aromatic heterocycles. The van der Waals surface area contributed by atoms with Crippen molar-refractivity contribution in [3.63, 3.8) is 0 Å². The van der Waals surface area contributed by atoms with Gasteiger partial charge < -0.3 is 5.11 Å². The molecule has 0 amide bonds. The number of carbonyl (C=O) groups is 1. The fourth-order valence-electron chi connectivity index (χ4n) is 2.29. The van der Waals surface area contributed by atoms with E-state index in [9.17, 15) is 4.79 Å². The number of thioether (sulfide) groups is 1. The predicted molar refractivity (Wildman–Crippen MR) is 92.9 cm³/mol. The second kappa shape index (κ2) is 12.8. The van der Waals surface area contributed by atoms with Crippen LogP contribution < -0.4 is 0 Å². The van der Waals surface area contributed by atoms with Crippen molar-refractivity contribution >= 4 is 17.7 Å². The Kier molecular flexibility index (Phi) is 11.0. The first-order valence-electron chi connectivity index (χ1n) is 8.07. The number of hydrogen-bond acceptors (Lipinski definition) is 2. The van der Waals surface area contributed by atoms with Crippen LogP contribution in [0.2, 0.25) is 0 Å². The van der Waals surface area contributed by atoms with Gasteiger partial charge in [0.2, 0.25) is 0 Å². The minimum absolute atomic E-state index is 0.262. The highest BCUT2D eigenvalue weighted by atomic mass is 32.2. The molecule has 0 saturated heterocycles. The van der Waals surface area contributed by atoms with Gasteiger partial charge in [-0.3, -0.25) is 4.79 Å². The van der Waals surface area contributed by atoms with Gasteiger partial charge in [0, 0.05) is 5.25 Å². The Morgan fingerprint density at radius 3 is 2.33 bits per heavy atom. The Balaban J connectivity index is 2.42. The molecule has 1 unspecified atom stereocenters. The number of carboxylic acids is 1. The van der Waals surface area contributed by atoms with Crippen LogP contribution in [0.1, 0.15) is 57.8 Å². The van der Waals surface area contributed by atoms with Crippen LogP contribution in [-0.4, -0.2) is 22.1 Å². The molecule has 1 aliphatic rings. The van der Waals surface area contributed by atoms with E-state index in [4.69, 9.17) is 5.11 Å². The third-order valence-corrected chi connectivity index (χ3v) is 4.87. The summed E-state index contributed by atoms with van der Waals surface area (Å²) in [6.45, 7) is 0. The third kappa shape index (κ3) is 11.4. The molecule has 118 valence electrons. The molecule has 0 saturated carbocycles. The SMILES string of the molecule is O=C(O)CC1CC/C=C/C/C=C\C/C=C/CCCCCS1. The molecule has 0 radical (unpaired) electrons. The molecule has 0 spiro atoms. The van der Waals surface area contributed by atoms with Gasteiger partial charge >= 0.3 is 5.97 Å². The molecule has 1 aliphatic heterocycles. The first-order chi connectivity index (χ1) is 10.3. The summed E-state index contributed by atoms with van der Waals surface area (Å²) in [6, 6.07) is 0. The molecule has 0 aromatic carbocycles. The van der Waals surface area contributed by atoms with E-state index in [1.807, 2.05) is 11.8 Å². The van der Waals surface area contributed by atoms with E-state index in [1.165, 1.54) is 19.3 Å². The average Bonchev–Trinajstić information content (AvgIpc) is 2.45. The summed E-state index contributed by atoms with van der Waals surface area (Å²) in [5, 5.41) is 9.25. The van der Waals surface area contributed by atoms with Crippen molar-refractivity contribution < 1.29 is 9.90 Å². The summed E-state index contributed by atoms with van der Waals surface area (Å²) in [4.78, 5) is 10.9. The fraction of sp³-hybridized carbons (Fsp3) is 0.611. The lowest BCUT2D eigenvalue weighted by Gasteiger charge is -2.13. The zero-order chi connectivity index (χ0) is 15.2. The van der Waals surface area contributed by atoms with Crippen molar-refractivity contribution in [1.29, 1.82) is 0 Å². The highest BCUT2D eigenvalue weighted by molar-refractivity contribution is 7.99. The van der Waals surface area contributed by atoms with Gasteiger partial charge in [-0.1, -0.05) is 42.9 Å². The maximum atomic E-state index is 10.9. The van der Waals surface area contributed by atoms with Gasteiger partial charge in [0.1, 0.15) is 0 Å². The number of aliphatic carboxylic acids is 1. The lowest BCUT2D eigenvalue weighted by atomic mass is 10.1. The topological polar surface area (TPSA) is 37.3 Å². The molecule has 1 N–H and O–H groups in total. The Hall–Kier alpha value is -0.960. The van der Waals surface area contributed by atoms with Crippen LogP contribution in [0.25, 0.3) is 0 Å². The number of allylic oxidation sites excluding steroid dienone is 6. The van der Waals surface area contributed by atoms with Crippen LogP contribution in [0.5, 0.6) is 0 Å². The number of carboxylic acid groups (broad SMARTS) is 1. The molecule has 0 bridgehead atoms. The molecule has 0 fully saturated rings. The second-order valence-corrected chi connectivity index (χ2v) is 6.81. The van der Waals surface area contributed by atoms with Gasteiger partial charge in [0.25, 0.3) is 0 Å². The molecule has 0 aliphatic carbocycles. The van der Waals surface area contributed by atoms with E-state index in [0.29, 0.717) is 6.42 Å². The molecule has 1 rings (SSSR count). The molecule has 2 nitrogen and oxygen atoms in total. The number of rotatable bonds is 2. The van der Waals surface area contributed by atoms with Gasteiger partial charge in [-0.15, -0.1) is 0 Å². The van der Waals surface area contributed by atoms with E-state index in [0.717, 1.165) is 37.9 Å². The zero-order valence-electron chi connectivity index (χ0n) is 12.9. The van der Waals surface area contributed by atoms with E-state index < -0.39 is 5.97 Å². The molecule has 0 aromatic rings. The fourth-order valence-corrected chi connectivity index (χ4v) is 3.56. The first-order valence-corrected chi connectivity index (χ1v) is 9.12. The van der Waals surface area contributed by atoms with Gasteiger partial charge in [0.05, 0.1) is 6.42 Å². The summed E-state index contributed by atoms with van der Waals surface area (Å²) < 4.78 is 0. The van der Waals surface area contributed by atoms with Crippen molar-refractivity contribution in [2.24, 2.45) is 0 Å². The van der Waals surface area contributed by atoms with Gasteiger partial charge in [-0.2, -0.15) is 11.8 Å². The Bertz CT molecular complexity index is 358. The molecule has 3 heteroatoms. The summed E-state index contributed by atoms with van der Waals surface area (Å²) in [6.07, 6.45) is 22.4. The van der Waals surface area contributed by atoms with Crippen LogP contribution in [0.4, 0.5) is 0 Å². The highest BCUT2D eigenvalue weighted by Crippen LogP contribution is 2.22. The normalized spacial score (nSPS) is 27.3. The zero-order valence-corrected chi connectivity index (χ0v) is 13.7. The van der Waals surface area contributed by atoms with Gasteiger partial charge in [-0.25, -0.2) is 0 Å². The minimum atomic E-state index is -0.671. The van der Waals surface area contributed by atoms with Crippen LogP contribution in [0, 0.1) is 0 Å². The minimum Gasteiger partial charge on any atom is -0.481 e. The van der Waals surface area contributed by atoms with Crippen molar-refractivity contribution in [2.75, 3.05) is 5.75 Å².